The highest BCUT2D eigenvalue weighted by Gasteiger charge is 2.02. The number of ether oxygens (including phenoxy) is 2. The Morgan fingerprint density at radius 1 is 0.895 bits per heavy atom. The molecular weight excluding hydrogens is 238 g/mol. The molecule has 3 nitrogen and oxygen atoms in total. The molecule has 2 N–H and O–H groups in total. The third-order valence-electron chi connectivity index (χ3n) is 2.98. The van der Waals surface area contributed by atoms with Crippen LogP contribution in [0.25, 0.3) is 0 Å². The van der Waals surface area contributed by atoms with Gasteiger partial charge in [0.1, 0.15) is 0 Å². The zero-order valence-electron chi connectivity index (χ0n) is 11.1. The number of nitrogens with two attached hydrogens (primary N) is 1. The van der Waals surface area contributed by atoms with Gasteiger partial charge < -0.3 is 15.2 Å². The first-order chi connectivity index (χ1) is 9.33. The van der Waals surface area contributed by atoms with Crippen LogP contribution in [0.3, 0.4) is 0 Å². The maximum absolute atomic E-state index is 5.74. The molecule has 2 rings (SSSR count). The molecule has 0 aliphatic carbocycles. The summed E-state index contributed by atoms with van der Waals surface area (Å²) >= 11 is 0. The number of hydrogen-bond acceptors (Lipinski definition) is 3. The molecule has 0 saturated carbocycles. The largest absolute Gasteiger partial charge is 0.493 e. The fourth-order valence-corrected chi connectivity index (χ4v) is 1.86. The molecular formula is C16H19NO2. The van der Waals surface area contributed by atoms with Crippen LogP contribution in [0.5, 0.6) is 11.5 Å². The van der Waals surface area contributed by atoms with E-state index in [1.165, 1.54) is 5.56 Å². The van der Waals surface area contributed by atoms with Crippen molar-refractivity contribution in [1.82, 2.24) is 0 Å². The Labute approximate surface area is 114 Å². The lowest BCUT2D eigenvalue weighted by atomic mass is 10.1. The second-order valence-electron chi connectivity index (χ2n) is 4.27. The fourth-order valence-electron chi connectivity index (χ4n) is 1.86. The van der Waals surface area contributed by atoms with Gasteiger partial charge in [0, 0.05) is 13.0 Å². The molecule has 0 aliphatic rings. The van der Waals surface area contributed by atoms with Gasteiger partial charge in [0.2, 0.25) is 0 Å². The van der Waals surface area contributed by atoms with Gasteiger partial charge in [-0.05, 0) is 23.3 Å². The lowest BCUT2D eigenvalue weighted by Gasteiger charge is -2.10. The van der Waals surface area contributed by atoms with Crippen molar-refractivity contribution in [2.45, 2.75) is 13.0 Å². The summed E-state index contributed by atoms with van der Waals surface area (Å²) in [4.78, 5) is 0. The minimum atomic E-state index is 0.581. The minimum Gasteiger partial charge on any atom is -0.493 e. The SMILES string of the molecule is COc1ccccc1OCCc1ccc(CN)cc1. The molecule has 0 spiro atoms. The van der Waals surface area contributed by atoms with Crippen molar-refractivity contribution in [2.75, 3.05) is 13.7 Å². The van der Waals surface area contributed by atoms with Crippen molar-refractivity contribution < 1.29 is 9.47 Å². The average Bonchev–Trinajstić information content (AvgIpc) is 2.48. The highest BCUT2D eigenvalue weighted by molar-refractivity contribution is 5.39. The highest BCUT2D eigenvalue weighted by atomic mass is 16.5. The molecule has 3 heteroatoms. The number of methoxy groups -OCH3 is 1. The van der Waals surface area contributed by atoms with Gasteiger partial charge in [-0.3, -0.25) is 0 Å². The number of rotatable bonds is 6. The van der Waals surface area contributed by atoms with Crippen molar-refractivity contribution >= 4 is 0 Å². The molecule has 0 aliphatic heterocycles. The minimum absolute atomic E-state index is 0.581. The van der Waals surface area contributed by atoms with E-state index in [4.69, 9.17) is 15.2 Å². The average molecular weight is 257 g/mol. The predicted octanol–water partition coefficient (Wildman–Crippen LogP) is 2.78. The number of para-hydroxylation sites is 2. The molecule has 0 heterocycles. The normalized spacial score (nSPS) is 10.2. The summed E-state index contributed by atoms with van der Waals surface area (Å²) in [5.41, 5.74) is 7.96. The lowest BCUT2D eigenvalue weighted by molar-refractivity contribution is 0.297. The van der Waals surface area contributed by atoms with Crippen LogP contribution in [-0.4, -0.2) is 13.7 Å². The molecule has 0 saturated heterocycles. The van der Waals surface area contributed by atoms with Crippen LogP contribution in [0.15, 0.2) is 48.5 Å². The van der Waals surface area contributed by atoms with Crippen LogP contribution in [0.1, 0.15) is 11.1 Å². The van der Waals surface area contributed by atoms with E-state index in [-0.39, 0.29) is 0 Å². The summed E-state index contributed by atoms with van der Waals surface area (Å²) in [5, 5.41) is 0. The molecule has 0 fully saturated rings. The van der Waals surface area contributed by atoms with Crippen LogP contribution in [0.2, 0.25) is 0 Å². The molecule has 0 amide bonds. The molecule has 0 aromatic heterocycles. The van der Waals surface area contributed by atoms with Crippen molar-refractivity contribution in [3.05, 3.63) is 59.7 Å². The first kappa shape index (κ1) is 13.4. The van der Waals surface area contributed by atoms with Crippen LogP contribution in [0.4, 0.5) is 0 Å². The van der Waals surface area contributed by atoms with E-state index in [1.807, 2.05) is 24.3 Å². The van der Waals surface area contributed by atoms with Gasteiger partial charge in [-0.1, -0.05) is 36.4 Å². The van der Waals surface area contributed by atoms with Crippen molar-refractivity contribution in [1.29, 1.82) is 0 Å². The third kappa shape index (κ3) is 3.73. The molecule has 2 aromatic rings. The van der Waals surface area contributed by atoms with E-state index in [0.29, 0.717) is 13.2 Å². The molecule has 19 heavy (non-hydrogen) atoms. The zero-order chi connectivity index (χ0) is 13.5. The van der Waals surface area contributed by atoms with E-state index < -0.39 is 0 Å². The topological polar surface area (TPSA) is 44.5 Å². The van der Waals surface area contributed by atoms with Gasteiger partial charge in [0.05, 0.1) is 13.7 Å². The van der Waals surface area contributed by atoms with E-state index in [0.717, 1.165) is 23.5 Å². The van der Waals surface area contributed by atoms with E-state index in [1.54, 1.807) is 7.11 Å². The number of hydrogen-bond donors (Lipinski definition) is 1. The summed E-state index contributed by atoms with van der Waals surface area (Å²) in [7, 11) is 1.65. The third-order valence-corrected chi connectivity index (χ3v) is 2.98. The summed E-state index contributed by atoms with van der Waals surface area (Å²) in [6.45, 7) is 1.21. The Kier molecular flexibility index (Phi) is 4.81. The summed E-state index contributed by atoms with van der Waals surface area (Å²) in [6, 6.07) is 16.0. The first-order valence-electron chi connectivity index (χ1n) is 6.37. The summed E-state index contributed by atoms with van der Waals surface area (Å²) < 4.78 is 11.0. The molecule has 0 unspecified atom stereocenters. The molecule has 100 valence electrons. The first-order valence-corrected chi connectivity index (χ1v) is 6.37. The van der Waals surface area contributed by atoms with Crippen molar-refractivity contribution in [3.63, 3.8) is 0 Å². The van der Waals surface area contributed by atoms with Gasteiger partial charge >= 0.3 is 0 Å². The molecule has 0 radical (unpaired) electrons. The van der Waals surface area contributed by atoms with Gasteiger partial charge in [0.25, 0.3) is 0 Å². The Hall–Kier alpha value is -2.00. The van der Waals surface area contributed by atoms with Crippen molar-refractivity contribution in [3.8, 4) is 11.5 Å². The lowest BCUT2D eigenvalue weighted by Crippen LogP contribution is -2.03. The van der Waals surface area contributed by atoms with E-state index in [9.17, 15) is 0 Å². The standard InChI is InChI=1S/C16H19NO2/c1-18-15-4-2-3-5-16(15)19-11-10-13-6-8-14(12-17)9-7-13/h2-9H,10-12,17H2,1H3. The van der Waals surface area contributed by atoms with E-state index in [2.05, 4.69) is 24.3 Å². The summed E-state index contributed by atoms with van der Waals surface area (Å²) in [6.07, 6.45) is 0.864. The van der Waals surface area contributed by atoms with Crippen LogP contribution in [0, 0.1) is 0 Å². The molecule has 0 atom stereocenters. The van der Waals surface area contributed by atoms with Crippen LogP contribution < -0.4 is 15.2 Å². The Morgan fingerprint density at radius 2 is 1.53 bits per heavy atom. The second kappa shape index (κ2) is 6.81. The fraction of sp³-hybridized carbons (Fsp3) is 0.250. The Bertz CT molecular complexity index is 508. The second-order valence-corrected chi connectivity index (χ2v) is 4.27. The smallest absolute Gasteiger partial charge is 0.161 e. The van der Waals surface area contributed by atoms with E-state index >= 15 is 0 Å². The van der Waals surface area contributed by atoms with Crippen LogP contribution >= 0.6 is 0 Å². The Balaban J connectivity index is 1.88. The number of benzene rings is 2. The van der Waals surface area contributed by atoms with Crippen LogP contribution in [-0.2, 0) is 13.0 Å². The van der Waals surface area contributed by atoms with Gasteiger partial charge in [0.15, 0.2) is 11.5 Å². The maximum Gasteiger partial charge on any atom is 0.161 e. The highest BCUT2D eigenvalue weighted by Crippen LogP contribution is 2.25. The Morgan fingerprint density at radius 3 is 2.16 bits per heavy atom. The zero-order valence-corrected chi connectivity index (χ0v) is 11.1. The summed E-state index contributed by atoms with van der Waals surface area (Å²) in [5.74, 6) is 1.55. The van der Waals surface area contributed by atoms with Gasteiger partial charge in [-0.25, -0.2) is 0 Å². The quantitative estimate of drug-likeness (QED) is 0.865. The van der Waals surface area contributed by atoms with Gasteiger partial charge in [-0.15, -0.1) is 0 Å². The molecule has 0 bridgehead atoms. The van der Waals surface area contributed by atoms with Crippen molar-refractivity contribution in [2.24, 2.45) is 5.73 Å². The van der Waals surface area contributed by atoms with Gasteiger partial charge in [-0.2, -0.15) is 0 Å². The monoisotopic (exact) mass is 257 g/mol. The maximum atomic E-state index is 5.74. The molecule has 2 aromatic carbocycles. The predicted molar refractivity (Wildman–Crippen MR) is 76.5 cm³/mol.